The third-order valence-electron chi connectivity index (χ3n) is 3.15. The summed E-state index contributed by atoms with van der Waals surface area (Å²) >= 11 is 1.51. The number of nitrogens with zero attached hydrogens (tertiary/aromatic N) is 4. The lowest BCUT2D eigenvalue weighted by atomic mass is 9.96. The Morgan fingerprint density at radius 1 is 1.19 bits per heavy atom. The minimum Gasteiger partial charge on any atom is -0.486 e. The average molecular weight is 302 g/mol. The standard InChI is InChI=1S/C15H18N4OS/c1-10-7-5-6-8-11(10)20-9-12-18-19-13(15(2,3)4)16-17-14(19)21-12/h5-8H,9H2,1-4H3. The Bertz CT molecular complexity index is 769. The molecule has 3 aromatic rings. The molecule has 6 heteroatoms. The molecule has 0 saturated heterocycles. The summed E-state index contributed by atoms with van der Waals surface area (Å²) in [6.07, 6.45) is 0. The first-order valence-corrected chi connectivity index (χ1v) is 7.67. The van der Waals surface area contributed by atoms with Gasteiger partial charge in [-0.15, -0.1) is 10.2 Å². The van der Waals surface area contributed by atoms with Gasteiger partial charge in [-0.05, 0) is 18.6 Å². The number of hydrogen-bond donors (Lipinski definition) is 0. The predicted octanol–water partition coefficient (Wildman–Crippen LogP) is 3.37. The maximum Gasteiger partial charge on any atom is 0.234 e. The topological polar surface area (TPSA) is 52.3 Å². The molecule has 0 N–H and O–H groups in total. The van der Waals surface area contributed by atoms with E-state index >= 15 is 0 Å². The van der Waals surface area contributed by atoms with Gasteiger partial charge in [0, 0.05) is 5.41 Å². The van der Waals surface area contributed by atoms with E-state index in [0.717, 1.165) is 27.1 Å². The minimum absolute atomic E-state index is 0.0817. The summed E-state index contributed by atoms with van der Waals surface area (Å²) in [4.78, 5) is 0.809. The normalized spacial score (nSPS) is 12.0. The molecule has 3 rings (SSSR count). The fourth-order valence-electron chi connectivity index (χ4n) is 2.04. The number of benzene rings is 1. The zero-order valence-corrected chi connectivity index (χ0v) is 13.4. The second-order valence-corrected chi connectivity index (χ2v) is 7.06. The molecule has 5 nitrogen and oxygen atoms in total. The van der Waals surface area contributed by atoms with Crippen molar-refractivity contribution >= 4 is 16.3 Å². The van der Waals surface area contributed by atoms with Crippen LogP contribution in [-0.4, -0.2) is 19.8 Å². The highest BCUT2D eigenvalue weighted by atomic mass is 32.1. The van der Waals surface area contributed by atoms with E-state index in [1.54, 1.807) is 0 Å². The van der Waals surface area contributed by atoms with Crippen molar-refractivity contribution in [2.45, 2.75) is 39.7 Å². The van der Waals surface area contributed by atoms with Crippen molar-refractivity contribution in [1.29, 1.82) is 0 Å². The van der Waals surface area contributed by atoms with Crippen LogP contribution in [0.25, 0.3) is 4.96 Å². The van der Waals surface area contributed by atoms with E-state index < -0.39 is 0 Å². The van der Waals surface area contributed by atoms with Gasteiger partial charge in [0.1, 0.15) is 12.4 Å². The first kappa shape index (κ1) is 14.0. The van der Waals surface area contributed by atoms with Crippen molar-refractivity contribution in [2.24, 2.45) is 0 Å². The molecule has 0 radical (unpaired) electrons. The molecule has 0 amide bonds. The second kappa shape index (κ2) is 5.11. The number of ether oxygens (including phenoxy) is 1. The van der Waals surface area contributed by atoms with Gasteiger partial charge < -0.3 is 4.74 Å². The van der Waals surface area contributed by atoms with Crippen LogP contribution in [-0.2, 0) is 12.0 Å². The molecule has 0 atom stereocenters. The molecule has 0 fully saturated rings. The molecule has 2 aromatic heterocycles. The summed E-state index contributed by atoms with van der Waals surface area (Å²) in [7, 11) is 0. The van der Waals surface area contributed by atoms with E-state index in [0.29, 0.717) is 6.61 Å². The Morgan fingerprint density at radius 3 is 2.67 bits per heavy atom. The zero-order valence-electron chi connectivity index (χ0n) is 12.6. The fourth-order valence-corrected chi connectivity index (χ4v) is 2.79. The number of rotatable bonds is 3. The Morgan fingerprint density at radius 2 is 1.95 bits per heavy atom. The second-order valence-electron chi connectivity index (χ2n) is 6.02. The lowest BCUT2D eigenvalue weighted by Crippen LogP contribution is -2.16. The third-order valence-corrected chi connectivity index (χ3v) is 4.02. The summed E-state index contributed by atoms with van der Waals surface area (Å²) in [6.45, 7) is 8.79. The van der Waals surface area contributed by atoms with Crippen LogP contribution in [0.15, 0.2) is 24.3 Å². The molecule has 1 aromatic carbocycles. The van der Waals surface area contributed by atoms with Gasteiger partial charge in [-0.3, -0.25) is 0 Å². The van der Waals surface area contributed by atoms with Crippen molar-refractivity contribution in [3.63, 3.8) is 0 Å². The van der Waals surface area contributed by atoms with Crippen molar-refractivity contribution in [1.82, 2.24) is 19.8 Å². The van der Waals surface area contributed by atoms with Crippen LogP contribution in [0.1, 0.15) is 37.2 Å². The highest BCUT2D eigenvalue weighted by Crippen LogP contribution is 2.24. The first-order valence-electron chi connectivity index (χ1n) is 6.85. The predicted molar refractivity (Wildman–Crippen MR) is 82.9 cm³/mol. The van der Waals surface area contributed by atoms with E-state index in [1.807, 2.05) is 35.7 Å². The van der Waals surface area contributed by atoms with E-state index in [2.05, 4.69) is 36.1 Å². The van der Waals surface area contributed by atoms with Crippen molar-refractivity contribution < 1.29 is 4.74 Å². The van der Waals surface area contributed by atoms with Crippen LogP contribution in [0, 0.1) is 6.92 Å². The molecule has 0 aliphatic carbocycles. The van der Waals surface area contributed by atoms with Crippen LogP contribution in [0.4, 0.5) is 0 Å². The van der Waals surface area contributed by atoms with Gasteiger partial charge in [0.15, 0.2) is 10.8 Å². The van der Waals surface area contributed by atoms with Crippen LogP contribution in [0.2, 0.25) is 0 Å². The number of hydrogen-bond acceptors (Lipinski definition) is 5. The molecule has 0 unspecified atom stereocenters. The molecule has 0 spiro atoms. The fraction of sp³-hybridized carbons (Fsp3) is 0.400. The van der Waals surface area contributed by atoms with Crippen LogP contribution in [0.3, 0.4) is 0 Å². The lowest BCUT2D eigenvalue weighted by molar-refractivity contribution is 0.301. The molecule has 0 saturated carbocycles. The Labute approximate surface area is 127 Å². The number of para-hydroxylation sites is 1. The van der Waals surface area contributed by atoms with Gasteiger partial charge in [-0.1, -0.05) is 50.3 Å². The van der Waals surface area contributed by atoms with Crippen LogP contribution in [0.5, 0.6) is 5.75 Å². The van der Waals surface area contributed by atoms with Crippen LogP contribution < -0.4 is 4.74 Å². The quantitative estimate of drug-likeness (QED) is 0.744. The zero-order chi connectivity index (χ0) is 15.0. The molecule has 110 valence electrons. The average Bonchev–Trinajstić information content (AvgIpc) is 2.96. The molecular weight excluding hydrogens is 284 g/mol. The van der Waals surface area contributed by atoms with E-state index in [1.165, 1.54) is 11.3 Å². The molecule has 21 heavy (non-hydrogen) atoms. The highest BCUT2D eigenvalue weighted by molar-refractivity contribution is 7.16. The number of fused-ring (bicyclic) bond motifs is 1. The van der Waals surface area contributed by atoms with Gasteiger partial charge >= 0.3 is 0 Å². The lowest BCUT2D eigenvalue weighted by Gasteiger charge is -2.13. The smallest absolute Gasteiger partial charge is 0.234 e. The monoisotopic (exact) mass is 302 g/mol. The SMILES string of the molecule is Cc1ccccc1OCc1nn2c(C(C)(C)C)nnc2s1. The van der Waals surface area contributed by atoms with Crippen molar-refractivity contribution in [3.8, 4) is 5.75 Å². The summed E-state index contributed by atoms with van der Waals surface area (Å²) in [5.74, 6) is 1.76. The maximum atomic E-state index is 5.83. The van der Waals surface area contributed by atoms with Gasteiger partial charge in [0.05, 0.1) is 0 Å². The third kappa shape index (κ3) is 2.76. The van der Waals surface area contributed by atoms with Crippen molar-refractivity contribution in [2.75, 3.05) is 0 Å². The molecule has 0 aliphatic heterocycles. The summed E-state index contributed by atoms with van der Waals surface area (Å²) in [5, 5.41) is 13.9. The Kier molecular flexibility index (Phi) is 3.41. The number of aromatic nitrogens is 4. The summed E-state index contributed by atoms with van der Waals surface area (Å²) in [6, 6.07) is 7.97. The van der Waals surface area contributed by atoms with Gasteiger partial charge in [-0.2, -0.15) is 9.61 Å². The molecule has 2 heterocycles. The van der Waals surface area contributed by atoms with Crippen molar-refractivity contribution in [3.05, 3.63) is 40.7 Å². The van der Waals surface area contributed by atoms with E-state index in [4.69, 9.17) is 4.74 Å². The van der Waals surface area contributed by atoms with Gasteiger partial charge in [0.2, 0.25) is 4.96 Å². The maximum absolute atomic E-state index is 5.83. The summed E-state index contributed by atoms with van der Waals surface area (Å²) in [5.41, 5.74) is 1.04. The van der Waals surface area contributed by atoms with E-state index in [-0.39, 0.29) is 5.41 Å². The molecule has 0 aliphatic rings. The molecule has 0 bridgehead atoms. The molecular formula is C15H18N4OS. The first-order chi connectivity index (χ1) is 9.95. The van der Waals surface area contributed by atoms with Crippen LogP contribution >= 0.6 is 11.3 Å². The highest BCUT2D eigenvalue weighted by Gasteiger charge is 2.23. The largest absolute Gasteiger partial charge is 0.486 e. The van der Waals surface area contributed by atoms with Gasteiger partial charge in [-0.25, -0.2) is 0 Å². The summed E-state index contributed by atoms with van der Waals surface area (Å²) < 4.78 is 7.65. The minimum atomic E-state index is -0.0817. The Balaban J connectivity index is 1.83. The van der Waals surface area contributed by atoms with Gasteiger partial charge in [0.25, 0.3) is 0 Å². The Hall–Kier alpha value is -1.95. The van der Waals surface area contributed by atoms with E-state index in [9.17, 15) is 0 Å². The number of aryl methyl sites for hydroxylation is 1.